The van der Waals surface area contributed by atoms with Crippen LogP contribution in [0.3, 0.4) is 0 Å². The second kappa shape index (κ2) is 17.2. The van der Waals surface area contributed by atoms with Gasteiger partial charge in [0.05, 0.1) is 28.8 Å². The number of fused-ring (bicyclic) bond motifs is 2. The largest absolute Gasteiger partial charge is 0.394 e. The van der Waals surface area contributed by atoms with Gasteiger partial charge in [-0.25, -0.2) is 4.21 Å². The molecular formula is C38H40BrCl2N5O4S. The molecule has 13 heteroatoms. The summed E-state index contributed by atoms with van der Waals surface area (Å²) in [6.07, 6.45) is 2.17. The first-order chi connectivity index (χ1) is 24.5. The lowest BCUT2D eigenvalue weighted by atomic mass is 9.93. The van der Waals surface area contributed by atoms with Crippen LogP contribution in [0, 0.1) is 5.41 Å². The van der Waals surface area contributed by atoms with Gasteiger partial charge in [-0.2, -0.15) is 0 Å². The fraction of sp³-hybridized carbons (Fsp3) is 0.289. The van der Waals surface area contributed by atoms with Gasteiger partial charge in [-0.1, -0.05) is 83.3 Å². The molecule has 2 amide bonds. The second-order valence-electron chi connectivity index (χ2n) is 12.3. The van der Waals surface area contributed by atoms with Gasteiger partial charge in [-0.3, -0.25) is 19.7 Å². The van der Waals surface area contributed by atoms with Crippen LogP contribution in [0.1, 0.15) is 65.5 Å². The molecule has 0 saturated heterocycles. The van der Waals surface area contributed by atoms with Crippen LogP contribution >= 0.6 is 39.1 Å². The zero-order valence-corrected chi connectivity index (χ0v) is 32.5. The standard InChI is InChI=1S/C38H40BrCl2N5O4S/c1-4-16-45(17-5-2)36(42)35(41)23(3)43-34-15-10-25(19-31(34)38(49)46-21-26-9-7-6-8-24(26)18-27(46)22-47)37(48)44-51(50)28-11-12-29-30(20-28)32(39)13-14-33(29)40/h6-15,19-20,27,42-43,47H,4-5,16-18,21-22H2,1-3H3,(H,44,48)/b35-23+,42-36?. The van der Waals surface area contributed by atoms with E-state index >= 15 is 0 Å². The van der Waals surface area contributed by atoms with Crippen molar-refractivity contribution in [2.75, 3.05) is 25.0 Å². The lowest BCUT2D eigenvalue weighted by molar-refractivity contribution is 0.0545. The quantitative estimate of drug-likeness (QED) is 0.0844. The van der Waals surface area contributed by atoms with Crippen molar-refractivity contribution >= 4 is 84.2 Å². The lowest BCUT2D eigenvalue weighted by Crippen LogP contribution is -2.46. The smallest absolute Gasteiger partial charge is 0.263 e. The first-order valence-corrected chi connectivity index (χ1v) is 19.4. The number of aliphatic hydroxyl groups is 1. The molecule has 2 atom stereocenters. The minimum atomic E-state index is -1.93. The average Bonchev–Trinajstić information content (AvgIpc) is 3.14. The van der Waals surface area contributed by atoms with Crippen molar-refractivity contribution in [2.24, 2.45) is 0 Å². The van der Waals surface area contributed by atoms with Gasteiger partial charge >= 0.3 is 0 Å². The van der Waals surface area contributed by atoms with E-state index in [0.717, 1.165) is 39.2 Å². The number of carbonyl (C=O) groups excluding carboxylic acids is 2. The predicted octanol–water partition coefficient (Wildman–Crippen LogP) is 8.25. The third-order valence-electron chi connectivity index (χ3n) is 8.78. The molecule has 1 heterocycles. The van der Waals surface area contributed by atoms with Crippen LogP contribution in [0.15, 0.2) is 92.9 Å². The summed E-state index contributed by atoms with van der Waals surface area (Å²) in [5, 5.41) is 24.6. The highest BCUT2D eigenvalue weighted by molar-refractivity contribution is 9.10. The van der Waals surface area contributed by atoms with Crippen molar-refractivity contribution in [3.63, 3.8) is 0 Å². The molecule has 0 spiro atoms. The molecule has 0 fully saturated rings. The third kappa shape index (κ3) is 8.67. The van der Waals surface area contributed by atoms with Gasteiger partial charge < -0.3 is 20.2 Å². The maximum atomic E-state index is 14.4. The summed E-state index contributed by atoms with van der Waals surface area (Å²) in [6.45, 7) is 7.18. The van der Waals surface area contributed by atoms with Crippen LogP contribution in [0.4, 0.5) is 5.69 Å². The molecule has 1 aliphatic heterocycles. The molecule has 0 aliphatic carbocycles. The number of nitrogens with one attached hydrogen (secondary N) is 3. The SMILES string of the molecule is CCCN(CCC)C(=N)/C(Cl)=C(/C)Nc1ccc(C(=O)NS(=O)c2ccc3c(Cl)ccc(Br)c3c2)cc1C(=O)N1Cc2ccccc2CC1CO. The topological polar surface area (TPSA) is 126 Å². The number of hydrogen-bond acceptors (Lipinski definition) is 6. The molecule has 4 N–H and O–H groups in total. The van der Waals surface area contributed by atoms with Gasteiger partial charge in [0.15, 0.2) is 11.0 Å². The minimum absolute atomic E-state index is 0.109. The van der Waals surface area contributed by atoms with E-state index in [1.54, 1.807) is 48.2 Å². The van der Waals surface area contributed by atoms with Crippen LogP contribution in [0.5, 0.6) is 0 Å². The van der Waals surface area contributed by atoms with E-state index in [-0.39, 0.29) is 35.1 Å². The number of halogens is 3. The number of anilines is 1. The van der Waals surface area contributed by atoms with Crippen LogP contribution < -0.4 is 10.0 Å². The average molecular weight is 814 g/mol. The molecule has 51 heavy (non-hydrogen) atoms. The number of amidine groups is 1. The van der Waals surface area contributed by atoms with Crippen molar-refractivity contribution in [3.05, 3.63) is 115 Å². The zero-order valence-electron chi connectivity index (χ0n) is 28.6. The molecule has 0 aromatic heterocycles. The Morgan fingerprint density at radius 3 is 2.41 bits per heavy atom. The van der Waals surface area contributed by atoms with Crippen molar-refractivity contribution < 1.29 is 18.9 Å². The fourth-order valence-electron chi connectivity index (χ4n) is 6.14. The fourth-order valence-corrected chi connectivity index (χ4v) is 7.81. The molecular weight excluding hydrogens is 773 g/mol. The summed E-state index contributed by atoms with van der Waals surface area (Å²) in [4.78, 5) is 31.9. The highest BCUT2D eigenvalue weighted by Crippen LogP contribution is 2.32. The number of carbonyl (C=O) groups is 2. The monoisotopic (exact) mass is 811 g/mol. The molecule has 0 saturated carbocycles. The molecule has 4 aromatic carbocycles. The number of allylic oxidation sites excluding steroid dienone is 1. The Kier molecular flexibility index (Phi) is 13.0. The van der Waals surface area contributed by atoms with E-state index in [2.05, 4.69) is 26.0 Å². The summed E-state index contributed by atoms with van der Waals surface area (Å²) in [7, 11) is -1.93. The molecule has 268 valence electrons. The molecule has 0 radical (unpaired) electrons. The summed E-state index contributed by atoms with van der Waals surface area (Å²) in [5.41, 5.74) is 3.12. The highest BCUT2D eigenvalue weighted by Gasteiger charge is 2.32. The van der Waals surface area contributed by atoms with Gasteiger partial charge in [-0.15, -0.1) is 0 Å². The van der Waals surface area contributed by atoms with Crippen molar-refractivity contribution in [1.29, 1.82) is 5.41 Å². The Hall–Kier alpha value is -3.74. The Bertz CT molecular complexity index is 2040. The van der Waals surface area contributed by atoms with Crippen LogP contribution in [-0.2, 0) is 24.0 Å². The number of hydrogen-bond donors (Lipinski definition) is 4. The third-order valence-corrected chi connectivity index (χ3v) is 11.3. The molecule has 0 bridgehead atoms. The van der Waals surface area contributed by atoms with E-state index in [4.69, 9.17) is 28.6 Å². The van der Waals surface area contributed by atoms with E-state index in [9.17, 15) is 18.9 Å². The first-order valence-electron chi connectivity index (χ1n) is 16.7. The Labute approximate surface area is 319 Å². The van der Waals surface area contributed by atoms with Crippen LogP contribution in [-0.4, -0.2) is 62.5 Å². The van der Waals surface area contributed by atoms with E-state index in [1.807, 2.05) is 43.0 Å². The van der Waals surface area contributed by atoms with E-state index in [1.165, 1.54) is 12.1 Å². The van der Waals surface area contributed by atoms with Gasteiger partial charge in [-0.05, 0) is 85.2 Å². The normalized spacial score (nSPS) is 15.1. The zero-order chi connectivity index (χ0) is 36.8. The maximum absolute atomic E-state index is 14.4. The summed E-state index contributed by atoms with van der Waals surface area (Å²) in [6, 6.07) is 20.5. The number of rotatable bonds is 12. The van der Waals surface area contributed by atoms with E-state index in [0.29, 0.717) is 40.8 Å². The number of benzene rings is 4. The van der Waals surface area contributed by atoms with Gasteiger partial charge in [0.25, 0.3) is 11.8 Å². The van der Waals surface area contributed by atoms with Crippen molar-refractivity contribution in [2.45, 2.75) is 57.5 Å². The minimum Gasteiger partial charge on any atom is -0.394 e. The van der Waals surface area contributed by atoms with Crippen LogP contribution in [0.2, 0.25) is 5.02 Å². The summed E-state index contributed by atoms with van der Waals surface area (Å²) >= 11 is 16.6. The van der Waals surface area contributed by atoms with Gasteiger partial charge in [0.1, 0.15) is 10.9 Å². The molecule has 9 nitrogen and oxygen atoms in total. The Balaban J connectivity index is 1.49. The predicted molar refractivity (Wildman–Crippen MR) is 210 cm³/mol. The van der Waals surface area contributed by atoms with Crippen molar-refractivity contribution in [3.8, 4) is 0 Å². The van der Waals surface area contributed by atoms with Gasteiger partial charge in [0.2, 0.25) is 0 Å². The number of aliphatic hydroxyl groups excluding tert-OH is 1. The summed E-state index contributed by atoms with van der Waals surface area (Å²) in [5.74, 6) is -0.882. The van der Waals surface area contributed by atoms with Crippen LogP contribution in [0.25, 0.3) is 10.8 Å². The number of nitrogens with zero attached hydrogens (tertiary/aromatic N) is 2. The maximum Gasteiger partial charge on any atom is 0.263 e. The number of amides is 2. The second-order valence-corrected chi connectivity index (χ2v) is 15.2. The van der Waals surface area contributed by atoms with Gasteiger partial charge in [0, 0.05) is 45.8 Å². The molecule has 1 aliphatic rings. The Morgan fingerprint density at radius 1 is 1.02 bits per heavy atom. The molecule has 5 rings (SSSR count). The van der Waals surface area contributed by atoms with Crippen molar-refractivity contribution in [1.82, 2.24) is 14.5 Å². The summed E-state index contributed by atoms with van der Waals surface area (Å²) < 4.78 is 16.7. The first kappa shape index (κ1) is 38.5. The molecule has 2 unspecified atom stereocenters. The Morgan fingerprint density at radius 2 is 1.73 bits per heavy atom. The lowest BCUT2D eigenvalue weighted by Gasteiger charge is -2.36. The molecule has 4 aromatic rings. The van der Waals surface area contributed by atoms with E-state index < -0.39 is 28.8 Å². The highest BCUT2D eigenvalue weighted by atomic mass is 79.9.